The Hall–Kier alpha value is -1.22. The summed E-state index contributed by atoms with van der Waals surface area (Å²) in [7, 11) is 0. The molecule has 0 saturated carbocycles. The highest BCUT2D eigenvalue weighted by Crippen LogP contribution is 2.10. The molecule has 0 aromatic heterocycles. The van der Waals surface area contributed by atoms with Crippen molar-refractivity contribution in [3.63, 3.8) is 0 Å². The Labute approximate surface area is 101 Å². The van der Waals surface area contributed by atoms with Gasteiger partial charge in [-0.3, -0.25) is 0 Å². The molecule has 0 heterocycles. The summed E-state index contributed by atoms with van der Waals surface area (Å²) in [6, 6.07) is 0. The Bertz CT molecular complexity index is 270. The normalized spacial score (nSPS) is 9.81. The van der Waals surface area contributed by atoms with Gasteiger partial charge in [-0.15, -0.1) is 6.58 Å². The lowest BCUT2D eigenvalue weighted by Crippen LogP contribution is -1.80. The molecule has 0 N–H and O–H groups in total. The molecule has 0 saturated heterocycles. The smallest absolute Gasteiger partial charge is 0.0155 e. The third-order valence-electron chi connectivity index (χ3n) is 2.36. The van der Waals surface area contributed by atoms with Gasteiger partial charge in [0.05, 0.1) is 0 Å². The van der Waals surface area contributed by atoms with Crippen molar-refractivity contribution in [2.24, 2.45) is 0 Å². The van der Waals surface area contributed by atoms with Gasteiger partial charge in [0.1, 0.15) is 0 Å². The van der Waals surface area contributed by atoms with Gasteiger partial charge in [0.15, 0.2) is 0 Å². The van der Waals surface area contributed by atoms with Crippen molar-refractivity contribution in [1.82, 2.24) is 0 Å². The standard InChI is InChI=1S/C16H24/c1-4-5-6-7-8-9-10-11-12-13-14-15-16(2)3/h4,7-8H,1-2,9-15H2,3H3/b8-7-. The van der Waals surface area contributed by atoms with Gasteiger partial charge in [0, 0.05) is 0 Å². The van der Waals surface area contributed by atoms with Gasteiger partial charge >= 0.3 is 0 Å². The van der Waals surface area contributed by atoms with Gasteiger partial charge in [0.25, 0.3) is 0 Å². The molecule has 16 heavy (non-hydrogen) atoms. The second kappa shape index (κ2) is 11.9. The van der Waals surface area contributed by atoms with Crippen LogP contribution >= 0.6 is 0 Å². The number of allylic oxidation sites excluding steroid dienone is 4. The van der Waals surface area contributed by atoms with Crippen LogP contribution in [0, 0.1) is 11.8 Å². The molecule has 0 unspecified atom stereocenters. The van der Waals surface area contributed by atoms with E-state index in [2.05, 4.69) is 38.0 Å². The first kappa shape index (κ1) is 14.8. The van der Waals surface area contributed by atoms with Crippen molar-refractivity contribution < 1.29 is 0 Å². The second-order valence-electron chi connectivity index (χ2n) is 4.16. The SMILES string of the molecule is C=CC#C/C=C\CCCCCCCC(=C)C. The maximum absolute atomic E-state index is 3.91. The van der Waals surface area contributed by atoms with Crippen LogP contribution in [0.2, 0.25) is 0 Å². The second-order valence-corrected chi connectivity index (χ2v) is 4.16. The summed E-state index contributed by atoms with van der Waals surface area (Å²) in [6.45, 7) is 9.55. The predicted molar refractivity (Wildman–Crippen MR) is 74.2 cm³/mol. The van der Waals surface area contributed by atoms with Crippen LogP contribution in [0.4, 0.5) is 0 Å². The van der Waals surface area contributed by atoms with E-state index in [0.717, 1.165) is 6.42 Å². The molecule has 0 rings (SSSR count). The molecule has 0 atom stereocenters. The average Bonchev–Trinajstić information content (AvgIpc) is 2.25. The Morgan fingerprint density at radius 2 is 1.75 bits per heavy atom. The maximum Gasteiger partial charge on any atom is -0.0155 e. The highest BCUT2D eigenvalue weighted by atomic mass is 14.0. The third-order valence-corrected chi connectivity index (χ3v) is 2.36. The van der Waals surface area contributed by atoms with Crippen LogP contribution in [0.1, 0.15) is 51.9 Å². The molecular weight excluding hydrogens is 192 g/mol. The van der Waals surface area contributed by atoms with Crippen molar-refractivity contribution in [2.45, 2.75) is 51.9 Å². The molecule has 0 radical (unpaired) electrons. The molecule has 0 aromatic rings. The first-order chi connectivity index (χ1) is 7.77. The Morgan fingerprint density at radius 1 is 1.06 bits per heavy atom. The lowest BCUT2D eigenvalue weighted by Gasteiger charge is -1.99. The number of unbranched alkanes of at least 4 members (excludes halogenated alkanes) is 5. The molecular formula is C16H24. The summed E-state index contributed by atoms with van der Waals surface area (Å²) in [5.41, 5.74) is 1.31. The molecule has 0 aliphatic rings. The molecule has 0 aromatic carbocycles. The molecule has 0 amide bonds. The number of hydrogen-bond acceptors (Lipinski definition) is 0. The van der Waals surface area contributed by atoms with Crippen LogP contribution in [0.5, 0.6) is 0 Å². The van der Waals surface area contributed by atoms with Gasteiger partial charge < -0.3 is 0 Å². The monoisotopic (exact) mass is 216 g/mol. The van der Waals surface area contributed by atoms with Crippen LogP contribution in [0.3, 0.4) is 0 Å². The zero-order valence-electron chi connectivity index (χ0n) is 10.6. The van der Waals surface area contributed by atoms with E-state index in [0.29, 0.717) is 0 Å². The average molecular weight is 216 g/mol. The highest BCUT2D eigenvalue weighted by Gasteiger charge is 1.90. The predicted octanol–water partition coefficient (Wildman–Crippen LogP) is 5.04. The quantitative estimate of drug-likeness (QED) is 0.303. The van der Waals surface area contributed by atoms with E-state index in [1.165, 1.54) is 44.1 Å². The van der Waals surface area contributed by atoms with Crippen LogP contribution in [-0.4, -0.2) is 0 Å². The summed E-state index contributed by atoms with van der Waals surface area (Å²) in [5, 5.41) is 0. The van der Waals surface area contributed by atoms with Crippen molar-refractivity contribution >= 4 is 0 Å². The zero-order chi connectivity index (χ0) is 12.1. The minimum atomic E-state index is 1.15. The van der Waals surface area contributed by atoms with E-state index in [-0.39, 0.29) is 0 Å². The van der Waals surface area contributed by atoms with E-state index >= 15 is 0 Å². The lowest BCUT2D eigenvalue weighted by molar-refractivity contribution is 0.617. The van der Waals surface area contributed by atoms with Gasteiger partial charge in [0.2, 0.25) is 0 Å². The molecule has 0 bridgehead atoms. The van der Waals surface area contributed by atoms with Crippen molar-refractivity contribution in [3.8, 4) is 11.8 Å². The van der Waals surface area contributed by atoms with Gasteiger partial charge in [-0.2, -0.15) is 0 Å². The minimum absolute atomic E-state index is 1.15. The number of rotatable bonds is 8. The topological polar surface area (TPSA) is 0 Å². The van der Waals surface area contributed by atoms with E-state index in [1.54, 1.807) is 6.08 Å². The van der Waals surface area contributed by atoms with E-state index < -0.39 is 0 Å². The zero-order valence-corrected chi connectivity index (χ0v) is 10.6. The van der Waals surface area contributed by atoms with Crippen molar-refractivity contribution in [3.05, 3.63) is 37.0 Å². The fourth-order valence-corrected chi connectivity index (χ4v) is 1.47. The van der Waals surface area contributed by atoms with Crippen LogP contribution in [0.15, 0.2) is 37.0 Å². The summed E-state index contributed by atoms with van der Waals surface area (Å²) in [6.07, 6.45) is 14.6. The summed E-state index contributed by atoms with van der Waals surface area (Å²) in [4.78, 5) is 0. The first-order valence-electron chi connectivity index (χ1n) is 6.18. The van der Waals surface area contributed by atoms with E-state index in [4.69, 9.17) is 0 Å². The van der Waals surface area contributed by atoms with Crippen LogP contribution < -0.4 is 0 Å². The molecule has 0 spiro atoms. The molecule has 0 nitrogen and oxygen atoms in total. The Morgan fingerprint density at radius 3 is 2.44 bits per heavy atom. The van der Waals surface area contributed by atoms with Gasteiger partial charge in [-0.25, -0.2) is 0 Å². The first-order valence-corrected chi connectivity index (χ1v) is 6.18. The fraction of sp³-hybridized carbons (Fsp3) is 0.500. The summed E-state index contributed by atoms with van der Waals surface area (Å²) >= 11 is 0. The maximum atomic E-state index is 3.91. The van der Waals surface area contributed by atoms with E-state index in [1.807, 2.05) is 6.08 Å². The Balaban J connectivity index is 3.18. The molecule has 0 fully saturated rings. The Kier molecular flexibility index (Phi) is 10.9. The minimum Gasteiger partial charge on any atom is -0.100 e. The number of hydrogen-bond donors (Lipinski definition) is 0. The van der Waals surface area contributed by atoms with E-state index in [9.17, 15) is 0 Å². The third kappa shape index (κ3) is 12.8. The summed E-state index contributed by atoms with van der Waals surface area (Å²) < 4.78 is 0. The summed E-state index contributed by atoms with van der Waals surface area (Å²) in [5.74, 6) is 5.70. The largest absolute Gasteiger partial charge is 0.100 e. The fourth-order valence-electron chi connectivity index (χ4n) is 1.47. The van der Waals surface area contributed by atoms with Crippen LogP contribution in [-0.2, 0) is 0 Å². The van der Waals surface area contributed by atoms with Crippen molar-refractivity contribution in [1.29, 1.82) is 0 Å². The molecule has 0 aliphatic heterocycles. The lowest BCUT2D eigenvalue weighted by atomic mass is 10.1. The van der Waals surface area contributed by atoms with Crippen LogP contribution in [0.25, 0.3) is 0 Å². The molecule has 0 heteroatoms. The molecule has 0 aliphatic carbocycles. The molecule has 88 valence electrons. The highest BCUT2D eigenvalue weighted by molar-refractivity contribution is 5.21. The van der Waals surface area contributed by atoms with Crippen molar-refractivity contribution in [2.75, 3.05) is 0 Å². The van der Waals surface area contributed by atoms with Gasteiger partial charge in [-0.05, 0) is 44.8 Å². The van der Waals surface area contributed by atoms with Gasteiger partial charge in [-0.1, -0.05) is 49.3 Å².